The van der Waals surface area contributed by atoms with Crippen LogP contribution in [-0.4, -0.2) is 39.2 Å². The number of ether oxygens (including phenoxy) is 1. The van der Waals surface area contributed by atoms with E-state index in [4.69, 9.17) is 25.8 Å². The van der Waals surface area contributed by atoms with Crippen LogP contribution in [0, 0.1) is 5.41 Å². The molecule has 0 bridgehead atoms. The van der Waals surface area contributed by atoms with Crippen LogP contribution in [0.4, 0.5) is 11.5 Å². The van der Waals surface area contributed by atoms with Crippen molar-refractivity contribution in [2.24, 2.45) is 5.73 Å². The van der Waals surface area contributed by atoms with E-state index in [1.165, 1.54) is 12.4 Å². The third-order valence-corrected chi connectivity index (χ3v) is 6.14. The molecule has 38 heavy (non-hydrogen) atoms. The number of carbonyl (C=O) groups is 1. The minimum absolute atomic E-state index is 0.0861. The third-order valence-electron chi connectivity index (χ3n) is 6.14. The van der Waals surface area contributed by atoms with Crippen molar-refractivity contribution in [3.8, 4) is 17.1 Å². The van der Waals surface area contributed by atoms with E-state index < -0.39 is 0 Å². The molecule has 0 saturated carbocycles. The van der Waals surface area contributed by atoms with Crippen molar-refractivity contribution < 1.29 is 9.53 Å². The van der Waals surface area contributed by atoms with E-state index in [1.807, 2.05) is 69.3 Å². The quantitative estimate of drug-likeness (QED) is 0.219. The van der Waals surface area contributed by atoms with E-state index in [-0.39, 0.29) is 18.1 Å². The van der Waals surface area contributed by atoms with Crippen LogP contribution >= 0.6 is 0 Å². The summed E-state index contributed by atoms with van der Waals surface area (Å²) in [6.07, 6.45) is 6.83. The number of aromatic nitrogens is 3. The highest BCUT2D eigenvalue weighted by atomic mass is 16.5. The van der Waals surface area contributed by atoms with Gasteiger partial charge in [0.2, 0.25) is 0 Å². The third kappa shape index (κ3) is 6.31. The van der Waals surface area contributed by atoms with Gasteiger partial charge in [0.25, 0.3) is 5.91 Å². The van der Waals surface area contributed by atoms with Gasteiger partial charge in [0.15, 0.2) is 12.4 Å². The summed E-state index contributed by atoms with van der Waals surface area (Å²) >= 11 is 0. The predicted molar refractivity (Wildman–Crippen MR) is 151 cm³/mol. The maximum absolute atomic E-state index is 12.3. The Hall–Kier alpha value is -4.79. The van der Waals surface area contributed by atoms with Crippen molar-refractivity contribution in [3.05, 3.63) is 78.8 Å². The molecule has 5 N–H and O–H groups in total. The number of nitrogens with one attached hydrogen (secondary N) is 3. The summed E-state index contributed by atoms with van der Waals surface area (Å²) in [7, 11) is 0. The second-order valence-corrected chi connectivity index (χ2v) is 9.36. The number of fused-ring (bicyclic) bond motifs is 1. The Morgan fingerprint density at radius 3 is 2.63 bits per heavy atom. The van der Waals surface area contributed by atoms with Crippen molar-refractivity contribution in [3.63, 3.8) is 0 Å². The smallest absolute Gasteiger partial charge is 0.258 e. The Bertz CT molecular complexity index is 1480. The van der Waals surface area contributed by atoms with Crippen LogP contribution in [0.3, 0.4) is 0 Å². The Kier molecular flexibility index (Phi) is 7.96. The van der Waals surface area contributed by atoms with E-state index in [9.17, 15) is 4.79 Å². The maximum Gasteiger partial charge on any atom is 0.258 e. The zero-order chi connectivity index (χ0) is 27.1. The molecule has 1 amide bonds. The largest absolute Gasteiger partial charge is 0.484 e. The summed E-state index contributed by atoms with van der Waals surface area (Å²) in [6.45, 7) is 5.89. The van der Waals surface area contributed by atoms with E-state index in [0.717, 1.165) is 28.6 Å². The van der Waals surface area contributed by atoms with Crippen LogP contribution in [0.5, 0.6) is 5.75 Å². The number of hydrogen-bond donors (Lipinski definition) is 4. The minimum Gasteiger partial charge on any atom is -0.484 e. The molecule has 0 atom stereocenters. The maximum atomic E-state index is 12.3. The lowest BCUT2D eigenvalue weighted by atomic mass is 10.0. The fraction of sp³-hybridized carbons (Fsp3) is 0.207. The van der Waals surface area contributed by atoms with Gasteiger partial charge in [-0.25, -0.2) is 9.97 Å². The summed E-state index contributed by atoms with van der Waals surface area (Å²) in [5, 5.41) is 14.6. The van der Waals surface area contributed by atoms with Crippen LogP contribution in [-0.2, 0) is 4.79 Å². The normalized spacial score (nSPS) is 11.7. The predicted octanol–water partition coefficient (Wildman–Crippen LogP) is 5.07. The van der Waals surface area contributed by atoms with Gasteiger partial charge >= 0.3 is 0 Å². The molecule has 9 nitrogen and oxygen atoms in total. The second kappa shape index (κ2) is 11.5. The number of hydrogen-bond acceptors (Lipinski definition) is 8. The Balaban J connectivity index is 1.59. The number of nitrogens with two attached hydrogens (primary N) is 1. The lowest BCUT2D eigenvalue weighted by Gasteiger charge is -2.24. The van der Waals surface area contributed by atoms with Gasteiger partial charge in [-0.1, -0.05) is 31.2 Å². The van der Waals surface area contributed by atoms with E-state index >= 15 is 0 Å². The van der Waals surface area contributed by atoms with Gasteiger partial charge in [-0.3, -0.25) is 9.78 Å². The van der Waals surface area contributed by atoms with Crippen LogP contribution in [0.15, 0.2) is 73.2 Å². The van der Waals surface area contributed by atoms with E-state index in [1.54, 1.807) is 18.5 Å². The summed E-state index contributed by atoms with van der Waals surface area (Å²) in [4.78, 5) is 26.0. The lowest BCUT2D eigenvalue weighted by molar-refractivity contribution is -0.124. The average Bonchev–Trinajstić information content (AvgIpc) is 2.93. The zero-order valence-corrected chi connectivity index (χ0v) is 21.7. The van der Waals surface area contributed by atoms with Crippen molar-refractivity contribution >= 4 is 40.1 Å². The van der Waals surface area contributed by atoms with Gasteiger partial charge < -0.3 is 26.5 Å². The minimum atomic E-state index is -0.289. The Labute approximate surface area is 221 Å². The molecule has 0 aliphatic rings. The SMILES string of the molecule is CCC(C)(C)NC(=O)COc1cccc(-c2nc(Nc3ccc(/C(C=N)=C/N)cc3)c3ccncc3n2)c1. The molecule has 0 unspecified atom stereocenters. The van der Waals surface area contributed by atoms with Crippen molar-refractivity contribution in [2.75, 3.05) is 11.9 Å². The molecule has 4 aromatic rings. The molecule has 0 spiro atoms. The van der Waals surface area contributed by atoms with Crippen molar-refractivity contribution in [1.82, 2.24) is 20.3 Å². The number of pyridine rings is 1. The Morgan fingerprint density at radius 1 is 1.13 bits per heavy atom. The highest BCUT2D eigenvalue weighted by molar-refractivity contribution is 6.08. The van der Waals surface area contributed by atoms with Gasteiger partial charge in [-0.05, 0) is 56.2 Å². The first-order valence-electron chi connectivity index (χ1n) is 12.3. The first kappa shape index (κ1) is 26.3. The molecule has 194 valence electrons. The van der Waals surface area contributed by atoms with Gasteiger partial charge in [-0.2, -0.15) is 0 Å². The molecule has 0 aliphatic carbocycles. The monoisotopic (exact) mass is 509 g/mol. The molecule has 0 radical (unpaired) electrons. The lowest BCUT2D eigenvalue weighted by Crippen LogP contribution is -2.44. The van der Waals surface area contributed by atoms with E-state index in [0.29, 0.717) is 28.5 Å². The van der Waals surface area contributed by atoms with Crippen LogP contribution in [0.2, 0.25) is 0 Å². The number of carbonyl (C=O) groups excluding carboxylic acids is 1. The zero-order valence-electron chi connectivity index (χ0n) is 21.7. The summed E-state index contributed by atoms with van der Waals surface area (Å²) < 4.78 is 5.76. The second-order valence-electron chi connectivity index (χ2n) is 9.36. The number of benzene rings is 2. The van der Waals surface area contributed by atoms with Gasteiger partial charge in [0, 0.05) is 46.4 Å². The van der Waals surface area contributed by atoms with Crippen molar-refractivity contribution in [1.29, 1.82) is 5.41 Å². The number of amides is 1. The van der Waals surface area contributed by atoms with Gasteiger partial charge in [0.1, 0.15) is 11.6 Å². The fourth-order valence-corrected chi connectivity index (χ4v) is 3.69. The number of rotatable bonds is 10. The summed E-state index contributed by atoms with van der Waals surface area (Å²) in [5.41, 5.74) is 9.03. The van der Waals surface area contributed by atoms with Crippen LogP contribution in [0.1, 0.15) is 32.8 Å². The number of allylic oxidation sites excluding steroid dienone is 1. The number of nitrogens with zero attached hydrogens (tertiary/aromatic N) is 3. The standard InChI is InChI=1S/C29H31N7O2/c1-4-29(2,3)36-26(37)18-38-23-7-5-6-20(14-23)27-34-25-17-32-13-12-24(25)28(35-27)33-22-10-8-19(9-11-22)21(15-30)16-31/h5-17,30H,4,18,31H2,1-3H3,(H,36,37)(H,33,34,35)/b21-16+,30-15?. The van der Waals surface area contributed by atoms with Crippen LogP contribution in [0.25, 0.3) is 27.9 Å². The summed E-state index contributed by atoms with van der Waals surface area (Å²) in [6, 6.07) is 16.8. The van der Waals surface area contributed by atoms with Crippen molar-refractivity contribution in [2.45, 2.75) is 32.7 Å². The molecule has 2 aromatic heterocycles. The molecule has 0 saturated heterocycles. The first-order chi connectivity index (χ1) is 18.3. The molecule has 9 heteroatoms. The Morgan fingerprint density at radius 2 is 1.92 bits per heavy atom. The van der Waals surface area contributed by atoms with Crippen LogP contribution < -0.4 is 21.1 Å². The fourth-order valence-electron chi connectivity index (χ4n) is 3.69. The molecule has 4 rings (SSSR count). The topological polar surface area (TPSA) is 139 Å². The molecule has 2 heterocycles. The molecule has 2 aromatic carbocycles. The summed E-state index contributed by atoms with van der Waals surface area (Å²) in [5.74, 6) is 1.47. The van der Waals surface area contributed by atoms with E-state index in [2.05, 4.69) is 15.6 Å². The van der Waals surface area contributed by atoms with Gasteiger partial charge in [-0.15, -0.1) is 0 Å². The molecular formula is C29H31N7O2. The highest BCUT2D eigenvalue weighted by Gasteiger charge is 2.18. The first-order valence-corrected chi connectivity index (χ1v) is 12.3. The molecular weight excluding hydrogens is 478 g/mol. The highest BCUT2D eigenvalue weighted by Crippen LogP contribution is 2.29. The molecule has 0 fully saturated rings. The van der Waals surface area contributed by atoms with Gasteiger partial charge in [0.05, 0.1) is 11.7 Å². The number of anilines is 2. The molecule has 0 aliphatic heterocycles. The average molecular weight is 510 g/mol.